The molecule has 0 atom stereocenters. The van der Waals surface area contributed by atoms with Gasteiger partial charge in [-0.25, -0.2) is 0 Å². The number of ether oxygens (including phenoxy) is 1. The Labute approximate surface area is 84.0 Å². The van der Waals surface area contributed by atoms with Crippen molar-refractivity contribution < 1.29 is 27.5 Å². The fourth-order valence-electron chi connectivity index (χ4n) is 0.616. The molecule has 0 aromatic rings. The lowest BCUT2D eigenvalue weighted by atomic mass is 10.5. The van der Waals surface area contributed by atoms with Crippen LogP contribution in [0.5, 0.6) is 0 Å². The molecule has 0 bridgehead atoms. The van der Waals surface area contributed by atoms with E-state index in [-0.39, 0.29) is 13.2 Å². The van der Waals surface area contributed by atoms with Crippen molar-refractivity contribution in [3.05, 3.63) is 0 Å². The first-order chi connectivity index (χ1) is 6.88. The van der Waals surface area contributed by atoms with Crippen molar-refractivity contribution in [3.63, 3.8) is 0 Å². The zero-order chi connectivity index (χ0) is 11.9. The molecule has 2 N–H and O–H groups in total. The first-order valence-corrected chi connectivity index (χ1v) is 3.98. The SMILES string of the molecule is COCCNC(=O)CNC(=O)C(F)(F)F. The molecule has 0 rings (SSSR count). The number of nitrogens with one attached hydrogen (secondary N) is 2. The molecule has 0 aliphatic heterocycles. The minimum atomic E-state index is -4.97. The summed E-state index contributed by atoms with van der Waals surface area (Å²) in [5, 5.41) is 3.68. The fraction of sp³-hybridized carbons (Fsp3) is 0.714. The van der Waals surface area contributed by atoms with Crippen molar-refractivity contribution in [1.82, 2.24) is 10.6 Å². The van der Waals surface area contributed by atoms with E-state index in [2.05, 4.69) is 10.1 Å². The smallest absolute Gasteiger partial charge is 0.383 e. The van der Waals surface area contributed by atoms with E-state index in [9.17, 15) is 22.8 Å². The predicted octanol–water partition coefficient (Wildman–Crippen LogP) is -0.573. The number of hydrogen-bond donors (Lipinski definition) is 2. The summed E-state index contributed by atoms with van der Waals surface area (Å²) in [6.07, 6.45) is -4.97. The van der Waals surface area contributed by atoms with Crippen molar-refractivity contribution >= 4 is 11.8 Å². The van der Waals surface area contributed by atoms with E-state index in [1.165, 1.54) is 12.4 Å². The maximum atomic E-state index is 11.6. The van der Waals surface area contributed by atoms with Crippen molar-refractivity contribution in [2.75, 3.05) is 26.8 Å². The first kappa shape index (κ1) is 13.7. The Balaban J connectivity index is 3.67. The molecule has 5 nitrogen and oxygen atoms in total. The number of halogens is 3. The van der Waals surface area contributed by atoms with E-state index in [0.29, 0.717) is 0 Å². The second-order valence-electron chi connectivity index (χ2n) is 2.52. The van der Waals surface area contributed by atoms with E-state index in [0.717, 1.165) is 0 Å². The second kappa shape index (κ2) is 6.23. The molecule has 2 amide bonds. The van der Waals surface area contributed by atoms with Crippen LogP contribution in [0.4, 0.5) is 13.2 Å². The molecule has 15 heavy (non-hydrogen) atoms. The van der Waals surface area contributed by atoms with Gasteiger partial charge >= 0.3 is 12.1 Å². The van der Waals surface area contributed by atoms with Gasteiger partial charge in [-0.2, -0.15) is 13.2 Å². The zero-order valence-electron chi connectivity index (χ0n) is 7.98. The number of alkyl halides is 3. The molecule has 0 aromatic heterocycles. The summed E-state index contributed by atoms with van der Waals surface area (Å²) in [6, 6.07) is 0. The van der Waals surface area contributed by atoms with Gasteiger partial charge in [0.2, 0.25) is 5.91 Å². The van der Waals surface area contributed by atoms with Gasteiger partial charge in [0.05, 0.1) is 13.2 Å². The number of carbonyl (C=O) groups is 2. The minimum absolute atomic E-state index is 0.178. The summed E-state index contributed by atoms with van der Waals surface area (Å²) in [4.78, 5) is 21.1. The molecule has 0 aliphatic carbocycles. The lowest BCUT2D eigenvalue weighted by Gasteiger charge is -2.08. The van der Waals surface area contributed by atoms with Crippen LogP contribution >= 0.6 is 0 Å². The van der Waals surface area contributed by atoms with Gasteiger partial charge in [-0.05, 0) is 0 Å². The molecule has 88 valence electrons. The van der Waals surface area contributed by atoms with Crippen LogP contribution < -0.4 is 10.6 Å². The highest BCUT2D eigenvalue weighted by Crippen LogP contribution is 2.13. The first-order valence-electron chi connectivity index (χ1n) is 3.98. The molecule has 0 unspecified atom stereocenters. The van der Waals surface area contributed by atoms with Crippen LogP contribution in [0.15, 0.2) is 0 Å². The lowest BCUT2D eigenvalue weighted by molar-refractivity contribution is -0.173. The molecule has 0 radical (unpaired) electrons. The molecule has 0 aliphatic rings. The second-order valence-corrected chi connectivity index (χ2v) is 2.52. The average molecular weight is 228 g/mol. The lowest BCUT2D eigenvalue weighted by Crippen LogP contribution is -2.43. The molecular formula is C7H11F3N2O3. The van der Waals surface area contributed by atoms with Crippen LogP contribution in [0.25, 0.3) is 0 Å². The van der Waals surface area contributed by atoms with Crippen molar-refractivity contribution in [2.24, 2.45) is 0 Å². The Kier molecular flexibility index (Phi) is 5.68. The highest BCUT2D eigenvalue weighted by atomic mass is 19.4. The Hall–Kier alpha value is -1.31. The van der Waals surface area contributed by atoms with Gasteiger partial charge in [-0.3, -0.25) is 9.59 Å². The number of rotatable bonds is 5. The minimum Gasteiger partial charge on any atom is -0.383 e. The van der Waals surface area contributed by atoms with Gasteiger partial charge in [0.25, 0.3) is 0 Å². The monoisotopic (exact) mass is 228 g/mol. The molecule has 0 fully saturated rings. The summed E-state index contributed by atoms with van der Waals surface area (Å²) in [7, 11) is 1.41. The van der Waals surface area contributed by atoms with Crippen LogP contribution in [-0.2, 0) is 14.3 Å². The molecule has 0 saturated carbocycles. The van der Waals surface area contributed by atoms with Crippen molar-refractivity contribution in [3.8, 4) is 0 Å². The number of amides is 2. The van der Waals surface area contributed by atoms with Gasteiger partial charge in [-0.15, -0.1) is 0 Å². The summed E-state index contributed by atoms with van der Waals surface area (Å²) >= 11 is 0. The topological polar surface area (TPSA) is 67.4 Å². The quantitative estimate of drug-likeness (QED) is 0.619. The molecule has 0 heterocycles. The summed E-state index contributed by atoms with van der Waals surface area (Å²) in [6.45, 7) is -0.280. The third-order valence-electron chi connectivity index (χ3n) is 1.30. The summed E-state index contributed by atoms with van der Waals surface area (Å²) < 4.78 is 39.5. The maximum Gasteiger partial charge on any atom is 0.471 e. The molecule has 8 heteroatoms. The Morgan fingerprint density at radius 2 is 1.87 bits per heavy atom. The van der Waals surface area contributed by atoms with Gasteiger partial charge in [-0.1, -0.05) is 0 Å². The number of methoxy groups -OCH3 is 1. The largest absolute Gasteiger partial charge is 0.471 e. The van der Waals surface area contributed by atoms with Crippen LogP contribution in [0.1, 0.15) is 0 Å². The fourth-order valence-corrected chi connectivity index (χ4v) is 0.616. The number of carbonyl (C=O) groups excluding carboxylic acids is 2. The Morgan fingerprint density at radius 3 is 2.33 bits per heavy atom. The standard InChI is InChI=1S/C7H11F3N2O3/c1-15-3-2-11-5(13)4-12-6(14)7(8,9)10/h2-4H2,1H3,(H,11,13)(H,12,14). The third kappa shape index (κ3) is 6.72. The van der Waals surface area contributed by atoms with Gasteiger partial charge in [0, 0.05) is 13.7 Å². The van der Waals surface area contributed by atoms with E-state index in [4.69, 9.17) is 0 Å². The van der Waals surface area contributed by atoms with E-state index < -0.39 is 24.5 Å². The maximum absolute atomic E-state index is 11.6. The Morgan fingerprint density at radius 1 is 1.27 bits per heavy atom. The van der Waals surface area contributed by atoms with Crippen molar-refractivity contribution in [1.29, 1.82) is 0 Å². The van der Waals surface area contributed by atoms with Gasteiger partial charge < -0.3 is 15.4 Å². The Bertz CT molecular complexity index is 230. The third-order valence-corrected chi connectivity index (χ3v) is 1.30. The average Bonchev–Trinajstić information content (AvgIpc) is 2.13. The summed E-state index contributed by atoms with van der Waals surface area (Å²) in [5.41, 5.74) is 0. The predicted molar refractivity (Wildman–Crippen MR) is 44.0 cm³/mol. The normalized spacial score (nSPS) is 10.9. The van der Waals surface area contributed by atoms with Gasteiger partial charge in [0.1, 0.15) is 0 Å². The zero-order valence-corrected chi connectivity index (χ0v) is 7.98. The van der Waals surface area contributed by atoms with Gasteiger partial charge in [0.15, 0.2) is 0 Å². The van der Waals surface area contributed by atoms with Crippen LogP contribution in [0.2, 0.25) is 0 Å². The highest BCUT2D eigenvalue weighted by molar-refractivity contribution is 5.87. The molecular weight excluding hydrogens is 217 g/mol. The van der Waals surface area contributed by atoms with Crippen LogP contribution in [0.3, 0.4) is 0 Å². The molecule has 0 spiro atoms. The van der Waals surface area contributed by atoms with Crippen molar-refractivity contribution in [2.45, 2.75) is 6.18 Å². The van der Waals surface area contributed by atoms with Crippen LogP contribution in [-0.4, -0.2) is 44.8 Å². The molecule has 0 aromatic carbocycles. The van der Waals surface area contributed by atoms with E-state index >= 15 is 0 Å². The van der Waals surface area contributed by atoms with E-state index in [1.54, 1.807) is 0 Å². The highest BCUT2D eigenvalue weighted by Gasteiger charge is 2.38. The number of hydrogen-bond acceptors (Lipinski definition) is 3. The van der Waals surface area contributed by atoms with Crippen LogP contribution in [0, 0.1) is 0 Å². The summed E-state index contributed by atoms with van der Waals surface area (Å²) in [5.74, 6) is -2.84. The molecule has 0 saturated heterocycles. The van der Waals surface area contributed by atoms with E-state index in [1.807, 2.05) is 0 Å².